The average Bonchev–Trinajstić information content (AvgIpc) is 2.89. The lowest BCUT2D eigenvalue weighted by Crippen LogP contribution is -2.51. The van der Waals surface area contributed by atoms with Crippen LogP contribution in [0.3, 0.4) is 0 Å². The molecular weight excluding hydrogens is 260 g/mol. The number of carboxylic acid groups (broad SMARTS) is 1. The molecule has 7 nitrogen and oxygen atoms in total. The molecular formula is C13H20N4O3. The Balaban J connectivity index is 1.89. The van der Waals surface area contributed by atoms with Gasteiger partial charge in [-0.1, -0.05) is 19.3 Å². The van der Waals surface area contributed by atoms with E-state index in [-0.39, 0.29) is 18.7 Å². The van der Waals surface area contributed by atoms with Crippen LogP contribution in [-0.4, -0.2) is 37.3 Å². The molecule has 7 heteroatoms. The third-order valence-electron chi connectivity index (χ3n) is 3.74. The maximum Gasteiger partial charge on any atom is 0.305 e. The molecule has 1 aromatic rings. The number of nitrogens with zero attached hydrogens (tertiary/aromatic N) is 3. The molecule has 2 rings (SSSR count). The Kier molecular flexibility index (Phi) is 4.70. The summed E-state index contributed by atoms with van der Waals surface area (Å²) in [5, 5.41) is 15.9. The van der Waals surface area contributed by atoms with Crippen LogP contribution in [0.5, 0.6) is 0 Å². The van der Waals surface area contributed by atoms with E-state index in [2.05, 4.69) is 15.4 Å². The average molecular weight is 280 g/mol. The molecule has 0 radical (unpaired) electrons. The predicted octanol–water partition coefficient (Wildman–Crippen LogP) is 0.962. The molecule has 2 N–H and O–H groups in total. The molecule has 0 saturated heterocycles. The zero-order chi connectivity index (χ0) is 14.4. The highest BCUT2D eigenvalue weighted by Gasteiger charge is 2.35. The van der Waals surface area contributed by atoms with Gasteiger partial charge in [0.05, 0.1) is 18.5 Å². The van der Waals surface area contributed by atoms with Crippen molar-refractivity contribution in [2.45, 2.75) is 57.0 Å². The van der Waals surface area contributed by atoms with E-state index in [4.69, 9.17) is 5.11 Å². The number of carbonyl (C=O) groups excluding carboxylic acids is 1. The summed E-state index contributed by atoms with van der Waals surface area (Å²) >= 11 is 0. The van der Waals surface area contributed by atoms with Crippen molar-refractivity contribution in [3.8, 4) is 0 Å². The fraction of sp³-hybridized carbons (Fsp3) is 0.692. The molecule has 0 unspecified atom stereocenters. The van der Waals surface area contributed by atoms with E-state index in [1.807, 2.05) is 0 Å². The number of nitrogens with one attached hydrogen (secondary N) is 1. The van der Waals surface area contributed by atoms with Crippen molar-refractivity contribution in [2.24, 2.45) is 0 Å². The second-order valence-corrected chi connectivity index (χ2v) is 5.37. The SMILES string of the molecule is O=C(O)CC1(NC(=O)CCn2cncn2)CCCCC1. The van der Waals surface area contributed by atoms with E-state index in [1.165, 1.54) is 6.33 Å². The van der Waals surface area contributed by atoms with Crippen LogP contribution >= 0.6 is 0 Å². The lowest BCUT2D eigenvalue weighted by atomic mass is 9.79. The fourth-order valence-corrected chi connectivity index (χ4v) is 2.79. The highest BCUT2D eigenvalue weighted by Crippen LogP contribution is 2.31. The maximum absolute atomic E-state index is 12.0. The minimum Gasteiger partial charge on any atom is -0.481 e. The van der Waals surface area contributed by atoms with Gasteiger partial charge in [0.2, 0.25) is 5.91 Å². The van der Waals surface area contributed by atoms with Crippen molar-refractivity contribution in [1.82, 2.24) is 20.1 Å². The predicted molar refractivity (Wildman–Crippen MR) is 70.9 cm³/mol. The lowest BCUT2D eigenvalue weighted by Gasteiger charge is -2.37. The third-order valence-corrected chi connectivity index (χ3v) is 3.74. The summed E-state index contributed by atoms with van der Waals surface area (Å²) in [5.41, 5.74) is -0.566. The van der Waals surface area contributed by atoms with E-state index < -0.39 is 11.5 Å². The lowest BCUT2D eigenvalue weighted by molar-refractivity contribution is -0.139. The van der Waals surface area contributed by atoms with E-state index in [0.717, 1.165) is 32.1 Å². The maximum atomic E-state index is 12.0. The zero-order valence-corrected chi connectivity index (χ0v) is 11.4. The van der Waals surface area contributed by atoms with Crippen molar-refractivity contribution < 1.29 is 14.7 Å². The normalized spacial score (nSPS) is 17.6. The highest BCUT2D eigenvalue weighted by molar-refractivity contribution is 5.78. The van der Waals surface area contributed by atoms with Gasteiger partial charge in [-0.25, -0.2) is 4.98 Å². The molecule has 1 amide bonds. The number of amides is 1. The molecule has 1 saturated carbocycles. The Labute approximate surface area is 117 Å². The minimum atomic E-state index is -0.858. The number of hydrogen-bond acceptors (Lipinski definition) is 4. The molecule has 1 heterocycles. The van der Waals surface area contributed by atoms with Gasteiger partial charge in [-0.3, -0.25) is 14.3 Å². The molecule has 110 valence electrons. The molecule has 20 heavy (non-hydrogen) atoms. The summed E-state index contributed by atoms with van der Waals surface area (Å²) in [6, 6.07) is 0. The summed E-state index contributed by atoms with van der Waals surface area (Å²) < 4.78 is 1.59. The Hall–Kier alpha value is -1.92. The minimum absolute atomic E-state index is 0.00205. The van der Waals surface area contributed by atoms with Crippen molar-refractivity contribution in [3.05, 3.63) is 12.7 Å². The smallest absolute Gasteiger partial charge is 0.305 e. The van der Waals surface area contributed by atoms with Gasteiger partial charge in [-0.15, -0.1) is 0 Å². The van der Waals surface area contributed by atoms with Crippen LogP contribution in [0.4, 0.5) is 0 Å². The number of carbonyl (C=O) groups is 2. The van der Waals surface area contributed by atoms with Gasteiger partial charge in [0.15, 0.2) is 0 Å². The Morgan fingerprint density at radius 1 is 1.30 bits per heavy atom. The standard InChI is InChI=1S/C13H20N4O3/c18-11(4-7-17-10-14-9-15-17)16-13(8-12(19)20)5-2-1-3-6-13/h9-10H,1-8H2,(H,16,18)(H,19,20). The molecule has 1 aromatic heterocycles. The summed E-state index contributed by atoms with van der Waals surface area (Å²) in [6.07, 6.45) is 7.80. The van der Waals surface area contributed by atoms with Gasteiger partial charge in [0.1, 0.15) is 12.7 Å². The van der Waals surface area contributed by atoms with Gasteiger partial charge in [-0.2, -0.15) is 5.10 Å². The third kappa shape index (κ3) is 4.04. The molecule has 0 atom stereocenters. The van der Waals surface area contributed by atoms with Gasteiger partial charge in [0, 0.05) is 6.42 Å². The fourth-order valence-electron chi connectivity index (χ4n) is 2.79. The summed E-state index contributed by atoms with van der Waals surface area (Å²) in [5.74, 6) is -0.980. The van der Waals surface area contributed by atoms with Gasteiger partial charge in [-0.05, 0) is 12.8 Å². The van der Waals surface area contributed by atoms with E-state index in [9.17, 15) is 9.59 Å². The van der Waals surface area contributed by atoms with Crippen molar-refractivity contribution in [2.75, 3.05) is 0 Å². The molecule has 1 aliphatic carbocycles. The number of rotatable bonds is 6. The monoisotopic (exact) mass is 280 g/mol. The molecule has 1 fully saturated rings. The van der Waals surface area contributed by atoms with Crippen LogP contribution in [0, 0.1) is 0 Å². The van der Waals surface area contributed by atoms with Crippen LogP contribution in [-0.2, 0) is 16.1 Å². The zero-order valence-electron chi connectivity index (χ0n) is 11.4. The number of aliphatic carboxylic acids is 1. The topological polar surface area (TPSA) is 97.1 Å². The molecule has 1 aliphatic rings. The van der Waals surface area contributed by atoms with E-state index in [1.54, 1.807) is 11.0 Å². The van der Waals surface area contributed by atoms with Crippen LogP contribution in [0.25, 0.3) is 0 Å². The molecule has 0 bridgehead atoms. The molecule has 0 aliphatic heterocycles. The quantitative estimate of drug-likeness (QED) is 0.809. The first-order valence-electron chi connectivity index (χ1n) is 6.95. The van der Waals surface area contributed by atoms with Gasteiger partial charge in [0.25, 0.3) is 0 Å². The van der Waals surface area contributed by atoms with Gasteiger partial charge < -0.3 is 10.4 Å². The number of aromatic nitrogens is 3. The van der Waals surface area contributed by atoms with Crippen molar-refractivity contribution in [3.63, 3.8) is 0 Å². The van der Waals surface area contributed by atoms with Crippen LogP contribution < -0.4 is 5.32 Å². The number of carboxylic acids is 1. The number of aryl methyl sites for hydroxylation is 1. The first-order chi connectivity index (χ1) is 9.60. The first-order valence-corrected chi connectivity index (χ1v) is 6.95. The second-order valence-electron chi connectivity index (χ2n) is 5.37. The van der Waals surface area contributed by atoms with Crippen LogP contribution in [0.2, 0.25) is 0 Å². The summed E-state index contributed by atoms with van der Waals surface area (Å²) in [7, 11) is 0. The number of hydrogen-bond donors (Lipinski definition) is 2. The first kappa shape index (κ1) is 14.5. The Morgan fingerprint density at radius 2 is 2.05 bits per heavy atom. The summed E-state index contributed by atoms with van der Waals surface area (Å²) in [6.45, 7) is 0.453. The van der Waals surface area contributed by atoms with E-state index in [0.29, 0.717) is 6.54 Å². The second kappa shape index (κ2) is 6.49. The van der Waals surface area contributed by atoms with Crippen molar-refractivity contribution >= 4 is 11.9 Å². The Bertz CT molecular complexity index is 452. The molecule has 0 spiro atoms. The highest BCUT2D eigenvalue weighted by atomic mass is 16.4. The Morgan fingerprint density at radius 3 is 2.65 bits per heavy atom. The van der Waals surface area contributed by atoms with Gasteiger partial charge >= 0.3 is 5.97 Å². The summed E-state index contributed by atoms with van der Waals surface area (Å²) in [4.78, 5) is 26.9. The van der Waals surface area contributed by atoms with Crippen molar-refractivity contribution in [1.29, 1.82) is 0 Å². The molecule has 0 aromatic carbocycles. The van der Waals surface area contributed by atoms with Crippen LogP contribution in [0.1, 0.15) is 44.9 Å². The largest absolute Gasteiger partial charge is 0.481 e. The van der Waals surface area contributed by atoms with Crippen LogP contribution in [0.15, 0.2) is 12.7 Å². The van der Waals surface area contributed by atoms with E-state index >= 15 is 0 Å².